The van der Waals surface area contributed by atoms with Gasteiger partial charge in [0.15, 0.2) is 14.5 Å². The smallest absolute Gasteiger partial charge is 0.280 e. The Kier molecular flexibility index (Phi) is 7.17. The predicted octanol–water partition coefficient (Wildman–Crippen LogP) is 3.15. The van der Waals surface area contributed by atoms with Gasteiger partial charge < -0.3 is 4.43 Å². The van der Waals surface area contributed by atoms with Crippen molar-refractivity contribution in [3.8, 4) is 0 Å². The Bertz CT molecular complexity index is 292. The normalized spacial score (nSPS) is 14.3. The molecule has 1 unspecified atom stereocenters. The Balaban J connectivity index is 4.03. The minimum absolute atomic E-state index is 0.147. The second kappa shape index (κ2) is 7.35. The van der Waals surface area contributed by atoms with Gasteiger partial charge in [-0.1, -0.05) is 20.8 Å². The fourth-order valence-electron chi connectivity index (χ4n) is 1.22. The fourth-order valence-corrected chi connectivity index (χ4v) is 2.30. The Morgan fingerprint density at radius 1 is 1.37 bits per heavy atom. The second-order valence-corrected chi connectivity index (χ2v) is 11.0. The molecule has 0 aliphatic rings. The summed E-state index contributed by atoms with van der Waals surface area (Å²) in [4.78, 5) is 16.1. The Morgan fingerprint density at radius 2 is 1.89 bits per heavy atom. The summed E-state index contributed by atoms with van der Waals surface area (Å²) >= 11 is 0. The number of halogens is 1. The Hall–Kier alpha value is -0.463. The van der Waals surface area contributed by atoms with Crippen LogP contribution in [0.5, 0.6) is 0 Å². The molecule has 1 amide bonds. The lowest BCUT2D eigenvalue weighted by atomic mass is 10.2. The average molecular weight is 293 g/mol. The number of nitrogens with zero attached hydrogens (tertiary/aromatic N) is 1. The van der Waals surface area contributed by atoms with E-state index in [0.717, 1.165) is 5.06 Å². The van der Waals surface area contributed by atoms with Crippen LogP contribution in [-0.4, -0.2) is 46.2 Å². The van der Waals surface area contributed by atoms with E-state index in [9.17, 15) is 9.18 Å². The number of hydrogen-bond acceptors (Lipinski definition) is 3. The maximum absolute atomic E-state index is 13.6. The molecule has 0 saturated heterocycles. The molecule has 114 valence electrons. The van der Waals surface area contributed by atoms with E-state index in [4.69, 9.17) is 4.43 Å². The van der Waals surface area contributed by atoms with Gasteiger partial charge in [0.25, 0.3) is 5.91 Å². The number of alkyl halides is 1. The maximum Gasteiger partial charge on any atom is 0.280 e. The molecule has 0 saturated carbocycles. The Morgan fingerprint density at radius 3 is 2.32 bits per heavy atom. The summed E-state index contributed by atoms with van der Waals surface area (Å²) in [7, 11) is 0.967. The number of carbonyl (C=O) groups is 1. The first kappa shape index (κ1) is 18.5. The lowest BCUT2D eigenvalue weighted by Gasteiger charge is -2.36. The number of carbonyl (C=O) groups excluding carboxylic acids is 1. The summed E-state index contributed by atoms with van der Waals surface area (Å²) < 4.78 is 19.5. The largest absolute Gasteiger partial charge is 0.417 e. The van der Waals surface area contributed by atoms with Crippen molar-refractivity contribution in [1.29, 1.82) is 0 Å². The van der Waals surface area contributed by atoms with Crippen LogP contribution in [0.3, 0.4) is 0 Å². The average Bonchev–Trinajstić information content (AvgIpc) is 2.30. The molecule has 0 radical (unpaired) electrons. The highest BCUT2D eigenvalue weighted by Crippen LogP contribution is 2.36. The molecule has 0 spiro atoms. The maximum atomic E-state index is 13.6. The van der Waals surface area contributed by atoms with Crippen LogP contribution in [0.2, 0.25) is 18.1 Å². The molecule has 1 atom stereocenters. The van der Waals surface area contributed by atoms with Crippen molar-refractivity contribution in [2.24, 2.45) is 0 Å². The van der Waals surface area contributed by atoms with Gasteiger partial charge in [-0.25, -0.2) is 9.45 Å². The minimum atomic E-state index is -1.78. The van der Waals surface area contributed by atoms with E-state index in [2.05, 4.69) is 38.7 Å². The predicted molar refractivity (Wildman–Crippen MR) is 77.1 cm³/mol. The fraction of sp³-hybridized carbons (Fsp3) is 0.923. The number of hydroxylamine groups is 2. The summed E-state index contributed by atoms with van der Waals surface area (Å²) in [5, 5.41) is 1.06. The van der Waals surface area contributed by atoms with E-state index in [1.807, 2.05) is 0 Å². The highest BCUT2D eigenvalue weighted by Gasteiger charge is 2.36. The van der Waals surface area contributed by atoms with Gasteiger partial charge in [-0.3, -0.25) is 9.63 Å². The molecule has 0 aromatic rings. The van der Waals surface area contributed by atoms with Crippen molar-refractivity contribution >= 4 is 14.2 Å². The van der Waals surface area contributed by atoms with Crippen molar-refractivity contribution in [3.05, 3.63) is 0 Å². The molecule has 4 nitrogen and oxygen atoms in total. The standard InChI is InChI=1S/C13H28FNO3Si/c1-13(2,3)19(6,7)18-10-8-9-11(14)12(16)15(4)17-5/h11H,8-10H2,1-7H3. The Labute approximate surface area is 117 Å². The molecule has 0 rings (SSSR count). The van der Waals surface area contributed by atoms with E-state index in [0.29, 0.717) is 13.0 Å². The molecule has 19 heavy (non-hydrogen) atoms. The first-order chi connectivity index (χ1) is 8.53. The summed E-state index contributed by atoms with van der Waals surface area (Å²) in [6.45, 7) is 11.3. The lowest BCUT2D eigenvalue weighted by molar-refractivity contribution is -0.174. The zero-order valence-electron chi connectivity index (χ0n) is 13.2. The van der Waals surface area contributed by atoms with Crippen LogP contribution in [0.15, 0.2) is 0 Å². The quantitative estimate of drug-likeness (QED) is 0.411. The van der Waals surface area contributed by atoms with Gasteiger partial charge in [0, 0.05) is 13.7 Å². The molecule has 0 aliphatic heterocycles. The van der Waals surface area contributed by atoms with Crippen molar-refractivity contribution in [2.75, 3.05) is 20.8 Å². The van der Waals surface area contributed by atoms with Gasteiger partial charge in [-0.2, -0.15) is 0 Å². The van der Waals surface area contributed by atoms with Gasteiger partial charge in [-0.05, 0) is 31.0 Å². The summed E-state index contributed by atoms with van der Waals surface area (Å²) in [5.41, 5.74) is 0. The van der Waals surface area contributed by atoms with E-state index < -0.39 is 20.4 Å². The van der Waals surface area contributed by atoms with Gasteiger partial charge in [0.2, 0.25) is 0 Å². The highest BCUT2D eigenvalue weighted by atomic mass is 28.4. The van der Waals surface area contributed by atoms with Gasteiger partial charge >= 0.3 is 0 Å². The van der Waals surface area contributed by atoms with E-state index in [1.165, 1.54) is 14.2 Å². The first-order valence-electron chi connectivity index (χ1n) is 6.62. The van der Waals surface area contributed by atoms with Crippen molar-refractivity contribution in [1.82, 2.24) is 5.06 Å². The first-order valence-corrected chi connectivity index (χ1v) is 9.53. The molecular formula is C13H28FNO3Si. The number of amides is 1. The zero-order valence-corrected chi connectivity index (χ0v) is 14.2. The monoisotopic (exact) mass is 293 g/mol. The van der Waals surface area contributed by atoms with E-state index >= 15 is 0 Å². The van der Waals surface area contributed by atoms with Crippen molar-refractivity contribution in [3.63, 3.8) is 0 Å². The molecule has 0 fully saturated rings. The lowest BCUT2D eigenvalue weighted by Crippen LogP contribution is -2.41. The van der Waals surface area contributed by atoms with Crippen LogP contribution < -0.4 is 0 Å². The molecule has 0 aromatic heterocycles. The minimum Gasteiger partial charge on any atom is -0.417 e. The molecular weight excluding hydrogens is 265 g/mol. The van der Waals surface area contributed by atoms with Crippen molar-refractivity contribution in [2.45, 2.75) is 57.9 Å². The second-order valence-electron chi connectivity index (χ2n) is 6.24. The molecule has 0 bridgehead atoms. The molecule has 0 heterocycles. The SMILES string of the molecule is CON(C)C(=O)C(F)CCCO[Si](C)(C)C(C)(C)C. The summed E-state index contributed by atoms with van der Waals surface area (Å²) in [6.07, 6.45) is -0.814. The van der Waals surface area contributed by atoms with Crippen molar-refractivity contribution < 1.29 is 18.4 Å². The van der Waals surface area contributed by atoms with E-state index in [-0.39, 0.29) is 11.5 Å². The van der Waals surface area contributed by atoms with Crippen LogP contribution in [-0.2, 0) is 14.1 Å². The summed E-state index contributed by atoms with van der Waals surface area (Å²) in [6, 6.07) is 0. The highest BCUT2D eigenvalue weighted by molar-refractivity contribution is 6.74. The van der Waals surface area contributed by atoms with Gasteiger partial charge in [-0.15, -0.1) is 0 Å². The third kappa shape index (κ3) is 6.01. The van der Waals surface area contributed by atoms with Crippen LogP contribution in [0.1, 0.15) is 33.6 Å². The third-order valence-electron chi connectivity index (χ3n) is 3.72. The number of hydrogen-bond donors (Lipinski definition) is 0. The summed E-state index contributed by atoms with van der Waals surface area (Å²) in [5.74, 6) is -0.644. The number of rotatable bonds is 7. The van der Waals surface area contributed by atoms with Crippen LogP contribution in [0, 0.1) is 0 Å². The molecule has 0 N–H and O–H groups in total. The van der Waals surface area contributed by atoms with Gasteiger partial charge in [0.05, 0.1) is 7.11 Å². The van der Waals surface area contributed by atoms with E-state index in [1.54, 1.807) is 0 Å². The van der Waals surface area contributed by atoms with Crippen LogP contribution in [0.4, 0.5) is 4.39 Å². The van der Waals surface area contributed by atoms with Gasteiger partial charge in [0.1, 0.15) is 0 Å². The van der Waals surface area contributed by atoms with Crippen LogP contribution in [0.25, 0.3) is 0 Å². The molecule has 6 heteroatoms. The molecule has 0 aromatic carbocycles. The zero-order chi connectivity index (χ0) is 15.3. The van der Waals surface area contributed by atoms with Crippen LogP contribution >= 0.6 is 0 Å². The topological polar surface area (TPSA) is 38.8 Å². The third-order valence-corrected chi connectivity index (χ3v) is 8.26. The molecule has 0 aliphatic carbocycles.